The van der Waals surface area contributed by atoms with Gasteiger partial charge in [0.05, 0.1) is 17.7 Å². The lowest BCUT2D eigenvalue weighted by molar-refractivity contribution is 0.412. The van der Waals surface area contributed by atoms with Crippen molar-refractivity contribution in [1.29, 1.82) is 0 Å². The average Bonchev–Trinajstić information content (AvgIpc) is 2.94. The van der Waals surface area contributed by atoms with Crippen LogP contribution in [-0.4, -0.2) is 20.7 Å². The van der Waals surface area contributed by atoms with E-state index in [1.807, 2.05) is 6.92 Å². The van der Waals surface area contributed by atoms with Crippen LogP contribution in [0, 0.1) is 5.82 Å². The van der Waals surface area contributed by atoms with Crippen LogP contribution in [0.25, 0.3) is 22.1 Å². The number of benzene rings is 2. The van der Waals surface area contributed by atoms with E-state index in [1.54, 1.807) is 12.1 Å². The number of fused-ring (bicyclic) bond motifs is 1. The lowest BCUT2D eigenvalue weighted by Crippen LogP contribution is -2.13. The third-order valence-corrected chi connectivity index (χ3v) is 4.71. The average molecular weight is 350 g/mol. The summed E-state index contributed by atoms with van der Waals surface area (Å²) in [5.41, 5.74) is 1.73. The summed E-state index contributed by atoms with van der Waals surface area (Å²) in [4.78, 5) is -0.184. The summed E-state index contributed by atoms with van der Waals surface area (Å²) in [6, 6.07) is 6.56. The molecule has 0 saturated heterocycles. The molecule has 8 heteroatoms. The summed E-state index contributed by atoms with van der Waals surface area (Å²) in [5, 5.41) is 9.93. The Hall–Kier alpha value is -2.45. The zero-order valence-electron chi connectivity index (χ0n) is 13.0. The highest BCUT2D eigenvalue weighted by Crippen LogP contribution is 2.38. The highest BCUT2D eigenvalue weighted by Gasteiger charge is 2.21. The lowest BCUT2D eigenvalue weighted by atomic mass is 10.0. The molecule has 0 saturated carbocycles. The highest BCUT2D eigenvalue weighted by atomic mass is 32.2. The van der Waals surface area contributed by atoms with Crippen LogP contribution in [0.3, 0.4) is 0 Å². The molecule has 0 fully saturated rings. The molecule has 0 unspecified atom stereocenters. The van der Waals surface area contributed by atoms with Crippen molar-refractivity contribution in [3.8, 4) is 16.9 Å². The molecule has 0 radical (unpaired) electrons. The van der Waals surface area contributed by atoms with Gasteiger partial charge in [-0.15, -0.1) is 0 Å². The van der Waals surface area contributed by atoms with Gasteiger partial charge in [-0.1, -0.05) is 12.1 Å². The number of ether oxygens (including phenoxy) is 1. The van der Waals surface area contributed by atoms with E-state index < -0.39 is 15.8 Å². The molecule has 3 rings (SSSR count). The van der Waals surface area contributed by atoms with Crippen molar-refractivity contribution < 1.29 is 22.1 Å². The monoisotopic (exact) mass is 350 g/mol. The number of primary sulfonamides is 1. The zero-order chi connectivity index (χ0) is 17.5. The number of hydrogen-bond donors (Lipinski definition) is 1. The van der Waals surface area contributed by atoms with Crippen LogP contribution in [0.4, 0.5) is 4.39 Å². The van der Waals surface area contributed by atoms with Crippen LogP contribution in [0.5, 0.6) is 5.75 Å². The zero-order valence-corrected chi connectivity index (χ0v) is 13.9. The molecule has 24 heavy (non-hydrogen) atoms. The number of sulfonamides is 1. The van der Waals surface area contributed by atoms with Gasteiger partial charge in [-0.25, -0.2) is 17.9 Å². The van der Waals surface area contributed by atoms with Crippen molar-refractivity contribution in [2.75, 3.05) is 7.11 Å². The molecule has 6 nitrogen and oxygen atoms in total. The van der Waals surface area contributed by atoms with Gasteiger partial charge in [-0.3, -0.25) is 0 Å². The largest absolute Gasteiger partial charge is 0.496 e. The van der Waals surface area contributed by atoms with Gasteiger partial charge in [-0.05, 0) is 30.7 Å². The molecule has 126 valence electrons. The van der Waals surface area contributed by atoms with Crippen LogP contribution in [-0.2, 0) is 16.4 Å². The predicted molar refractivity (Wildman–Crippen MR) is 86.7 cm³/mol. The summed E-state index contributed by atoms with van der Waals surface area (Å²) in [6.45, 7) is 1.92. The van der Waals surface area contributed by atoms with Crippen molar-refractivity contribution in [2.24, 2.45) is 5.14 Å². The van der Waals surface area contributed by atoms with Crippen molar-refractivity contribution in [2.45, 2.75) is 18.2 Å². The molecule has 0 aliphatic carbocycles. The third kappa shape index (κ3) is 2.74. The van der Waals surface area contributed by atoms with Crippen LogP contribution in [0.2, 0.25) is 0 Å². The van der Waals surface area contributed by atoms with E-state index in [2.05, 4.69) is 5.16 Å². The lowest BCUT2D eigenvalue weighted by Gasteiger charge is -2.12. The molecule has 0 amide bonds. The molecular weight excluding hydrogens is 335 g/mol. The molecule has 2 N–H and O–H groups in total. The first-order chi connectivity index (χ1) is 11.3. The second-order valence-electron chi connectivity index (χ2n) is 5.22. The van der Waals surface area contributed by atoms with Crippen molar-refractivity contribution in [3.05, 3.63) is 41.8 Å². The Kier molecular flexibility index (Phi) is 4.02. The number of aromatic nitrogens is 1. The molecule has 1 aromatic heterocycles. The second-order valence-corrected chi connectivity index (χ2v) is 6.75. The fourth-order valence-corrected chi connectivity index (χ4v) is 3.34. The van der Waals surface area contributed by atoms with E-state index in [0.717, 1.165) is 18.2 Å². The topological polar surface area (TPSA) is 95.4 Å². The normalized spacial score (nSPS) is 11.8. The number of hydrogen-bond acceptors (Lipinski definition) is 5. The molecule has 0 spiro atoms. The molecule has 0 atom stereocenters. The molecule has 2 aromatic carbocycles. The number of rotatable bonds is 4. The quantitative estimate of drug-likeness (QED) is 0.780. The van der Waals surface area contributed by atoms with Crippen molar-refractivity contribution >= 4 is 21.0 Å². The SMILES string of the molecule is CCc1noc2cc(OC)c(-c3cc(F)ccc3S(N)(=O)=O)cc12. The fraction of sp³-hybridized carbons (Fsp3) is 0.188. The van der Waals surface area contributed by atoms with Gasteiger partial charge >= 0.3 is 0 Å². The first-order valence-corrected chi connectivity index (χ1v) is 8.68. The van der Waals surface area contributed by atoms with Crippen LogP contribution >= 0.6 is 0 Å². The number of methoxy groups -OCH3 is 1. The predicted octanol–water partition coefficient (Wildman–Crippen LogP) is 2.85. The first kappa shape index (κ1) is 16.4. The van der Waals surface area contributed by atoms with Crippen molar-refractivity contribution in [3.63, 3.8) is 0 Å². The van der Waals surface area contributed by atoms with Gasteiger partial charge in [0.15, 0.2) is 5.58 Å². The molecule has 0 aliphatic heterocycles. The van der Waals surface area contributed by atoms with Gasteiger partial charge in [0, 0.05) is 22.6 Å². The smallest absolute Gasteiger partial charge is 0.238 e. The number of halogens is 1. The van der Waals surface area contributed by atoms with E-state index in [1.165, 1.54) is 7.11 Å². The van der Waals surface area contributed by atoms with Crippen LogP contribution < -0.4 is 9.88 Å². The molecule has 0 aliphatic rings. The maximum absolute atomic E-state index is 13.7. The van der Waals surface area contributed by atoms with Gasteiger partial charge in [-0.2, -0.15) is 0 Å². The summed E-state index contributed by atoms with van der Waals surface area (Å²) < 4.78 is 48.0. The third-order valence-electron chi connectivity index (χ3n) is 3.74. The van der Waals surface area contributed by atoms with E-state index in [4.69, 9.17) is 14.4 Å². The number of aryl methyl sites for hydroxylation is 1. The summed E-state index contributed by atoms with van der Waals surface area (Å²) in [7, 11) is -2.61. The Morgan fingerprint density at radius 2 is 2.00 bits per heavy atom. The second kappa shape index (κ2) is 5.88. The van der Waals surface area contributed by atoms with Crippen molar-refractivity contribution in [1.82, 2.24) is 5.16 Å². The van der Waals surface area contributed by atoms with E-state index in [-0.39, 0.29) is 10.5 Å². The fourth-order valence-electron chi connectivity index (χ4n) is 2.61. The molecule has 0 bridgehead atoms. The Morgan fingerprint density at radius 3 is 2.62 bits per heavy atom. The van der Waals surface area contributed by atoms with E-state index >= 15 is 0 Å². The summed E-state index contributed by atoms with van der Waals surface area (Å²) >= 11 is 0. The minimum absolute atomic E-state index is 0.125. The van der Waals surface area contributed by atoms with Gasteiger partial charge in [0.25, 0.3) is 0 Å². The Bertz CT molecular complexity index is 1030. The van der Waals surface area contributed by atoms with Gasteiger partial charge in [0.1, 0.15) is 11.6 Å². The first-order valence-electron chi connectivity index (χ1n) is 7.14. The maximum atomic E-state index is 13.7. The summed E-state index contributed by atoms with van der Waals surface area (Å²) in [5.74, 6) is -0.252. The maximum Gasteiger partial charge on any atom is 0.238 e. The minimum atomic E-state index is -4.04. The highest BCUT2D eigenvalue weighted by molar-refractivity contribution is 7.89. The number of nitrogens with zero attached hydrogens (tertiary/aromatic N) is 1. The van der Waals surface area contributed by atoms with Gasteiger partial charge < -0.3 is 9.26 Å². The Balaban J connectivity index is 2.39. The molecule has 3 aromatic rings. The molecule has 1 heterocycles. The van der Waals surface area contributed by atoms with E-state index in [0.29, 0.717) is 34.4 Å². The number of nitrogens with two attached hydrogens (primary N) is 1. The van der Waals surface area contributed by atoms with Gasteiger partial charge in [0.2, 0.25) is 10.0 Å². The Labute approximate surface area is 138 Å². The molecular formula is C16H15FN2O4S. The summed E-state index contributed by atoms with van der Waals surface area (Å²) in [6.07, 6.45) is 0.629. The van der Waals surface area contributed by atoms with Crippen LogP contribution in [0.15, 0.2) is 39.8 Å². The standard InChI is InChI=1S/C16H15FN2O4S/c1-3-13-12-7-10(14(22-2)8-15(12)23-19-13)11-6-9(17)4-5-16(11)24(18,20)21/h4-8H,3H2,1-2H3,(H2,18,20,21). The van der Waals surface area contributed by atoms with E-state index in [9.17, 15) is 12.8 Å². The minimum Gasteiger partial charge on any atom is -0.496 e. The van der Waals surface area contributed by atoms with Crippen LogP contribution in [0.1, 0.15) is 12.6 Å². The Morgan fingerprint density at radius 1 is 1.25 bits per heavy atom.